The molecular weight excluding hydrogens is 170 g/mol. The molecule has 1 nitrogen and oxygen atoms in total. The summed E-state index contributed by atoms with van der Waals surface area (Å²) in [6, 6.07) is 0.698. The smallest absolute Gasteiger partial charge is 0.0330 e. The van der Waals surface area contributed by atoms with Crippen molar-refractivity contribution < 1.29 is 0 Å². The summed E-state index contributed by atoms with van der Waals surface area (Å²) >= 11 is 0. The van der Waals surface area contributed by atoms with Crippen molar-refractivity contribution in [2.45, 2.75) is 57.9 Å². The van der Waals surface area contributed by atoms with Crippen LogP contribution in [0.25, 0.3) is 0 Å². The zero-order chi connectivity index (χ0) is 10.2. The number of rotatable bonds is 3. The zero-order valence-corrected chi connectivity index (χ0v) is 9.41. The molecule has 0 aliphatic heterocycles. The predicted octanol–water partition coefficient (Wildman–Crippen LogP) is 4.08. The first kappa shape index (κ1) is 11.4. The average Bonchev–Trinajstić information content (AvgIpc) is 2.15. The third-order valence-corrected chi connectivity index (χ3v) is 3.03. The molecule has 0 aromatic heterocycles. The van der Waals surface area contributed by atoms with Gasteiger partial charge in [-0.05, 0) is 32.2 Å². The highest BCUT2D eigenvalue weighted by Crippen LogP contribution is 2.21. The van der Waals surface area contributed by atoms with Crippen LogP contribution in [0.15, 0.2) is 25.1 Å². The fraction of sp³-hybridized carbons (Fsp3) is 0.692. The van der Waals surface area contributed by atoms with E-state index in [0.29, 0.717) is 6.04 Å². The van der Waals surface area contributed by atoms with Crippen LogP contribution in [0.3, 0.4) is 0 Å². The maximum Gasteiger partial charge on any atom is 0.0330 e. The Labute approximate surface area is 88.5 Å². The molecule has 1 fully saturated rings. The zero-order valence-electron chi connectivity index (χ0n) is 9.41. The molecule has 0 atom stereocenters. The highest BCUT2D eigenvalue weighted by atomic mass is 15.1. The average molecular weight is 193 g/mol. The van der Waals surface area contributed by atoms with Crippen LogP contribution in [0.5, 0.6) is 0 Å². The van der Waals surface area contributed by atoms with Crippen molar-refractivity contribution in [3.63, 3.8) is 0 Å². The molecule has 0 aromatic carbocycles. The van der Waals surface area contributed by atoms with E-state index in [2.05, 4.69) is 30.7 Å². The summed E-state index contributed by atoms with van der Waals surface area (Å²) in [6.45, 7) is 5.95. The van der Waals surface area contributed by atoms with E-state index >= 15 is 0 Å². The summed E-state index contributed by atoms with van der Waals surface area (Å²) in [7, 11) is 0. The molecule has 0 bridgehead atoms. The quantitative estimate of drug-likeness (QED) is 0.653. The summed E-state index contributed by atoms with van der Waals surface area (Å²) < 4.78 is 0. The van der Waals surface area contributed by atoms with Crippen LogP contribution in [0.1, 0.15) is 51.9 Å². The molecule has 0 heterocycles. The molecule has 0 N–H and O–H groups in total. The molecule has 1 aliphatic carbocycles. The van der Waals surface area contributed by atoms with Gasteiger partial charge in [-0.25, -0.2) is 0 Å². The second-order valence-electron chi connectivity index (χ2n) is 4.11. The van der Waals surface area contributed by atoms with Crippen molar-refractivity contribution in [2.75, 3.05) is 0 Å². The lowest BCUT2D eigenvalue weighted by Crippen LogP contribution is -2.26. The molecule has 0 aromatic rings. The Kier molecular flexibility index (Phi) is 5.43. The van der Waals surface area contributed by atoms with Crippen molar-refractivity contribution in [3.8, 4) is 0 Å². The van der Waals surface area contributed by atoms with Gasteiger partial charge in [0.15, 0.2) is 0 Å². The maximum atomic E-state index is 3.88. The number of hydrogen-bond acceptors (Lipinski definition) is 1. The van der Waals surface area contributed by atoms with E-state index in [1.54, 1.807) is 0 Å². The van der Waals surface area contributed by atoms with Gasteiger partial charge in [-0.1, -0.05) is 44.8 Å². The Balaban J connectivity index is 2.48. The first-order valence-electron chi connectivity index (χ1n) is 5.91. The number of nitrogens with zero attached hydrogens (tertiary/aromatic N) is 1. The van der Waals surface area contributed by atoms with Crippen molar-refractivity contribution in [2.24, 2.45) is 0 Å². The van der Waals surface area contributed by atoms with Crippen molar-refractivity contribution in [1.82, 2.24) is 4.90 Å². The largest absolute Gasteiger partial charge is 0.352 e. The minimum Gasteiger partial charge on any atom is -0.352 e. The van der Waals surface area contributed by atoms with Crippen LogP contribution in [0.4, 0.5) is 0 Å². The van der Waals surface area contributed by atoms with Gasteiger partial charge >= 0.3 is 0 Å². The van der Waals surface area contributed by atoms with Gasteiger partial charge in [0.25, 0.3) is 0 Å². The third-order valence-electron chi connectivity index (χ3n) is 3.03. The van der Waals surface area contributed by atoms with Crippen LogP contribution >= 0.6 is 0 Å². The minimum atomic E-state index is 0.698. The normalized spacial score (nSPS) is 20.4. The summed E-state index contributed by atoms with van der Waals surface area (Å²) in [5, 5.41) is 0. The second-order valence-corrected chi connectivity index (χ2v) is 4.11. The summed E-state index contributed by atoms with van der Waals surface area (Å²) in [4.78, 5) is 2.28. The van der Waals surface area contributed by atoms with E-state index in [1.807, 2.05) is 6.20 Å². The number of allylic oxidation sites excluding steroid dienone is 1. The summed E-state index contributed by atoms with van der Waals surface area (Å²) in [5.41, 5.74) is 0. The maximum absolute atomic E-state index is 3.88. The summed E-state index contributed by atoms with van der Waals surface area (Å²) in [6.07, 6.45) is 15.9. The Morgan fingerprint density at radius 3 is 2.14 bits per heavy atom. The third kappa shape index (κ3) is 3.57. The first-order chi connectivity index (χ1) is 6.88. The van der Waals surface area contributed by atoms with E-state index in [0.717, 1.165) is 0 Å². The monoisotopic (exact) mass is 193 g/mol. The Hall–Kier alpha value is -0.720. The van der Waals surface area contributed by atoms with Gasteiger partial charge in [0.2, 0.25) is 0 Å². The fourth-order valence-corrected chi connectivity index (χ4v) is 2.24. The molecule has 0 radical (unpaired) electrons. The van der Waals surface area contributed by atoms with Crippen LogP contribution in [-0.4, -0.2) is 10.9 Å². The van der Waals surface area contributed by atoms with Crippen LogP contribution in [-0.2, 0) is 0 Å². The molecular formula is C13H23N. The van der Waals surface area contributed by atoms with Gasteiger partial charge in [0.1, 0.15) is 0 Å². The van der Waals surface area contributed by atoms with Crippen LogP contribution < -0.4 is 0 Å². The van der Waals surface area contributed by atoms with Gasteiger partial charge in [-0.3, -0.25) is 0 Å². The Morgan fingerprint density at radius 1 is 1.07 bits per heavy atom. The van der Waals surface area contributed by atoms with E-state index in [1.165, 1.54) is 44.9 Å². The van der Waals surface area contributed by atoms with Crippen LogP contribution in [0, 0.1) is 0 Å². The fourth-order valence-electron chi connectivity index (χ4n) is 2.24. The molecule has 0 spiro atoms. The standard InChI is InChI=1S/C13H23N/c1-3-12-14(4-2)13-10-8-6-5-7-9-11-13/h3-4,12-13H,2,5-11H2,1H3/b12-3-. The molecule has 14 heavy (non-hydrogen) atoms. The van der Waals surface area contributed by atoms with Gasteiger partial charge < -0.3 is 4.90 Å². The van der Waals surface area contributed by atoms with Gasteiger partial charge in [-0.15, -0.1) is 0 Å². The molecule has 0 unspecified atom stereocenters. The summed E-state index contributed by atoms with van der Waals surface area (Å²) in [5.74, 6) is 0. The molecule has 80 valence electrons. The van der Waals surface area contributed by atoms with Crippen molar-refractivity contribution in [3.05, 3.63) is 25.1 Å². The van der Waals surface area contributed by atoms with Crippen LogP contribution in [0.2, 0.25) is 0 Å². The van der Waals surface area contributed by atoms with Crippen molar-refractivity contribution >= 4 is 0 Å². The lowest BCUT2D eigenvalue weighted by atomic mass is 9.96. The highest BCUT2D eigenvalue weighted by Gasteiger charge is 2.14. The lowest BCUT2D eigenvalue weighted by Gasteiger charge is -2.28. The SMILES string of the molecule is C=CN(/C=C\C)C1CCCCCCC1. The molecule has 1 saturated carbocycles. The van der Waals surface area contributed by atoms with E-state index in [4.69, 9.17) is 0 Å². The molecule has 1 rings (SSSR count). The van der Waals surface area contributed by atoms with E-state index in [-0.39, 0.29) is 0 Å². The first-order valence-corrected chi connectivity index (χ1v) is 5.91. The number of hydrogen-bond donors (Lipinski definition) is 0. The lowest BCUT2D eigenvalue weighted by molar-refractivity contribution is 0.293. The van der Waals surface area contributed by atoms with E-state index in [9.17, 15) is 0 Å². The minimum absolute atomic E-state index is 0.698. The second kappa shape index (κ2) is 6.69. The van der Waals surface area contributed by atoms with Crippen molar-refractivity contribution in [1.29, 1.82) is 0 Å². The highest BCUT2D eigenvalue weighted by molar-refractivity contribution is 4.91. The van der Waals surface area contributed by atoms with Gasteiger partial charge in [0, 0.05) is 6.04 Å². The van der Waals surface area contributed by atoms with Gasteiger partial charge in [0.05, 0.1) is 0 Å². The Bertz CT molecular complexity index is 176. The molecule has 0 amide bonds. The Morgan fingerprint density at radius 2 is 1.64 bits per heavy atom. The van der Waals surface area contributed by atoms with E-state index < -0.39 is 0 Å². The molecule has 0 saturated heterocycles. The topological polar surface area (TPSA) is 3.24 Å². The molecule has 1 heteroatoms. The predicted molar refractivity (Wildman–Crippen MR) is 63.0 cm³/mol. The van der Waals surface area contributed by atoms with Gasteiger partial charge in [-0.2, -0.15) is 0 Å². The molecule has 1 aliphatic rings.